The number of aromatic nitrogens is 2. The van der Waals surface area contributed by atoms with Gasteiger partial charge in [-0.3, -0.25) is 5.10 Å². The molecule has 1 atom stereocenters. The van der Waals surface area contributed by atoms with Gasteiger partial charge in [-0.1, -0.05) is 44.2 Å². The number of hydrogen-bond donors (Lipinski definition) is 2. The second-order valence-corrected chi connectivity index (χ2v) is 4.72. The minimum absolute atomic E-state index is 0.341. The molecular formula is C14H19N3. The summed E-state index contributed by atoms with van der Waals surface area (Å²) < 4.78 is 0. The zero-order chi connectivity index (χ0) is 12.1. The SMILES string of the molecule is CC(C)CC(Nc1cn[nH]c1)c1ccccc1. The molecule has 0 saturated carbocycles. The first kappa shape index (κ1) is 11.7. The first-order chi connectivity index (χ1) is 8.25. The number of rotatable bonds is 5. The number of H-pyrrole nitrogens is 1. The molecule has 2 rings (SSSR count). The molecule has 0 saturated heterocycles. The minimum Gasteiger partial charge on any atom is -0.376 e. The number of benzene rings is 1. The summed E-state index contributed by atoms with van der Waals surface area (Å²) in [6.07, 6.45) is 4.81. The van der Waals surface area contributed by atoms with E-state index in [9.17, 15) is 0 Å². The van der Waals surface area contributed by atoms with Gasteiger partial charge in [-0.15, -0.1) is 0 Å². The van der Waals surface area contributed by atoms with Crippen LogP contribution in [0.2, 0.25) is 0 Å². The topological polar surface area (TPSA) is 40.7 Å². The molecule has 0 aliphatic carbocycles. The van der Waals surface area contributed by atoms with E-state index in [2.05, 4.69) is 53.6 Å². The molecule has 1 aromatic heterocycles. The fourth-order valence-corrected chi connectivity index (χ4v) is 1.97. The first-order valence-electron chi connectivity index (χ1n) is 6.06. The molecule has 3 heteroatoms. The molecule has 90 valence electrons. The van der Waals surface area contributed by atoms with Crippen LogP contribution < -0.4 is 5.32 Å². The van der Waals surface area contributed by atoms with Gasteiger partial charge < -0.3 is 5.32 Å². The number of aromatic amines is 1. The Hall–Kier alpha value is -1.77. The Kier molecular flexibility index (Phi) is 3.81. The number of nitrogens with one attached hydrogen (secondary N) is 2. The van der Waals surface area contributed by atoms with Crippen molar-refractivity contribution in [2.24, 2.45) is 5.92 Å². The Bertz CT molecular complexity index is 420. The van der Waals surface area contributed by atoms with E-state index in [1.165, 1.54) is 5.56 Å². The average molecular weight is 229 g/mol. The standard InChI is InChI=1S/C14H19N3/c1-11(2)8-14(12-6-4-3-5-7-12)17-13-9-15-16-10-13/h3-7,9-11,14,17H,8H2,1-2H3,(H,15,16). The van der Waals surface area contributed by atoms with Crippen LogP contribution in [0.4, 0.5) is 5.69 Å². The molecule has 0 aliphatic heterocycles. The van der Waals surface area contributed by atoms with Crippen molar-refractivity contribution in [3.05, 3.63) is 48.3 Å². The Morgan fingerprint density at radius 3 is 2.59 bits per heavy atom. The fourth-order valence-electron chi connectivity index (χ4n) is 1.97. The third-order valence-corrected chi connectivity index (χ3v) is 2.75. The van der Waals surface area contributed by atoms with Gasteiger partial charge in [0.15, 0.2) is 0 Å². The van der Waals surface area contributed by atoms with Crippen LogP contribution in [0, 0.1) is 5.92 Å². The third kappa shape index (κ3) is 3.34. The zero-order valence-electron chi connectivity index (χ0n) is 10.4. The van der Waals surface area contributed by atoms with Crippen molar-refractivity contribution in [1.29, 1.82) is 0 Å². The van der Waals surface area contributed by atoms with Crippen LogP contribution in [-0.4, -0.2) is 10.2 Å². The van der Waals surface area contributed by atoms with Crippen LogP contribution >= 0.6 is 0 Å². The molecule has 3 nitrogen and oxygen atoms in total. The Morgan fingerprint density at radius 2 is 2.00 bits per heavy atom. The lowest BCUT2D eigenvalue weighted by Crippen LogP contribution is -2.12. The van der Waals surface area contributed by atoms with Gasteiger partial charge in [0.2, 0.25) is 0 Å². The second-order valence-electron chi connectivity index (χ2n) is 4.72. The van der Waals surface area contributed by atoms with Gasteiger partial charge in [0.05, 0.1) is 17.9 Å². The average Bonchev–Trinajstić information content (AvgIpc) is 2.82. The van der Waals surface area contributed by atoms with Crippen LogP contribution in [0.1, 0.15) is 31.9 Å². The van der Waals surface area contributed by atoms with E-state index >= 15 is 0 Å². The van der Waals surface area contributed by atoms with Gasteiger partial charge in [-0.2, -0.15) is 5.10 Å². The van der Waals surface area contributed by atoms with Crippen molar-refractivity contribution in [3.63, 3.8) is 0 Å². The van der Waals surface area contributed by atoms with Crippen LogP contribution in [0.5, 0.6) is 0 Å². The van der Waals surface area contributed by atoms with Gasteiger partial charge in [0.25, 0.3) is 0 Å². The van der Waals surface area contributed by atoms with Crippen molar-refractivity contribution in [3.8, 4) is 0 Å². The molecule has 0 radical (unpaired) electrons. The van der Waals surface area contributed by atoms with Crippen LogP contribution in [0.3, 0.4) is 0 Å². The van der Waals surface area contributed by atoms with Gasteiger partial charge in [-0.25, -0.2) is 0 Å². The maximum Gasteiger partial charge on any atom is 0.0728 e. The lowest BCUT2D eigenvalue weighted by atomic mass is 9.97. The van der Waals surface area contributed by atoms with Crippen molar-refractivity contribution in [1.82, 2.24) is 10.2 Å². The molecule has 0 spiro atoms. The molecule has 2 N–H and O–H groups in total. The second kappa shape index (κ2) is 5.53. The maximum absolute atomic E-state index is 3.96. The predicted octanol–water partition coefficient (Wildman–Crippen LogP) is 3.61. The Morgan fingerprint density at radius 1 is 1.24 bits per heavy atom. The van der Waals surface area contributed by atoms with Crippen LogP contribution in [0.25, 0.3) is 0 Å². The first-order valence-corrected chi connectivity index (χ1v) is 6.06. The van der Waals surface area contributed by atoms with E-state index in [0.717, 1.165) is 12.1 Å². The van der Waals surface area contributed by atoms with Crippen molar-refractivity contribution < 1.29 is 0 Å². The van der Waals surface area contributed by atoms with Crippen LogP contribution in [0.15, 0.2) is 42.7 Å². The quantitative estimate of drug-likeness (QED) is 0.822. The molecule has 0 aliphatic rings. The summed E-state index contributed by atoms with van der Waals surface area (Å²) >= 11 is 0. The molecular weight excluding hydrogens is 210 g/mol. The summed E-state index contributed by atoms with van der Waals surface area (Å²) in [5, 5.41) is 10.3. The highest BCUT2D eigenvalue weighted by Crippen LogP contribution is 2.25. The van der Waals surface area contributed by atoms with E-state index in [0.29, 0.717) is 12.0 Å². The molecule has 0 bridgehead atoms. The summed E-state index contributed by atoms with van der Waals surface area (Å²) in [6.45, 7) is 4.49. The molecule has 1 aromatic carbocycles. The summed E-state index contributed by atoms with van der Waals surface area (Å²) in [5.41, 5.74) is 2.36. The zero-order valence-corrected chi connectivity index (χ0v) is 10.4. The lowest BCUT2D eigenvalue weighted by Gasteiger charge is -2.21. The smallest absolute Gasteiger partial charge is 0.0728 e. The van der Waals surface area contributed by atoms with E-state index in [-0.39, 0.29) is 0 Å². The predicted molar refractivity (Wildman–Crippen MR) is 70.8 cm³/mol. The van der Waals surface area contributed by atoms with E-state index < -0.39 is 0 Å². The fraction of sp³-hybridized carbons (Fsp3) is 0.357. The molecule has 0 amide bonds. The highest BCUT2D eigenvalue weighted by Gasteiger charge is 2.13. The number of nitrogens with zero attached hydrogens (tertiary/aromatic N) is 1. The Labute approximate surface area is 102 Å². The monoisotopic (exact) mass is 229 g/mol. The van der Waals surface area contributed by atoms with E-state index in [1.54, 1.807) is 0 Å². The van der Waals surface area contributed by atoms with Crippen molar-refractivity contribution in [2.45, 2.75) is 26.3 Å². The molecule has 0 fully saturated rings. The third-order valence-electron chi connectivity index (χ3n) is 2.75. The van der Waals surface area contributed by atoms with E-state index in [1.807, 2.05) is 18.5 Å². The number of hydrogen-bond acceptors (Lipinski definition) is 2. The highest BCUT2D eigenvalue weighted by molar-refractivity contribution is 5.41. The summed E-state index contributed by atoms with van der Waals surface area (Å²) in [6, 6.07) is 10.9. The Balaban J connectivity index is 2.14. The maximum atomic E-state index is 3.96. The highest BCUT2D eigenvalue weighted by atomic mass is 15.1. The van der Waals surface area contributed by atoms with Crippen molar-refractivity contribution >= 4 is 5.69 Å². The molecule has 1 unspecified atom stereocenters. The largest absolute Gasteiger partial charge is 0.376 e. The van der Waals surface area contributed by atoms with Gasteiger partial charge in [0.1, 0.15) is 0 Å². The van der Waals surface area contributed by atoms with Crippen molar-refractivity contribution in [2.75, 3.05) is 5.32 Å². The molecule has 1 heterocycles. The molecule has 17 heavy (non-hydrogen) atoms. The summed E-state index contributed by atoms with van der Waals surface area (Å²) in [5.74, 6) is 0.652. The number of anilines is 1. The van der Waals surface area contributed by atoms with Gasteiger partial charge in [-0.05, 0) is 17.9 Å². The van der Waals surface area contributed by atoms with Gasteiger partial charge >= 0.3 is 0 Å². The van der Waals surface area contributed by atoms with E-state index in [4.69, 9.17) is 0 Å². The normalized spacial score (nSPS) is 12.6. The molecule has 2 aromatic rings. The summed E-state index contributed by atoms with van der Waals surface area (Å²) in [7, 11) is 0. The lowest BCUT2D eigenvalue weighted by molar-refractivity contribution is 0.531. The summed E-state index contributed by atoms with van der Waals surface area (Å²) in [4.78, 5) is 0. The minimum atomic E-state index is 0.341. The van der Waals surface area contributed by atoms with Crippen LogP contribution in [-0.2, 0) is 0 Å². The van der Waals surface area contributed by atoms with Gasteiger partial charge in [0, 0.05) is 6.20 Å².